The van der Waals surface area contributed by atoms with Crippen LogP contribution in [0.15, 0.2) is 0 Å². The van der Waals surface area contributed by atoms with Crippen molar-refractivity contribution < 1.29 is 17.9 Å². The van der Waals surface area contributed by atoms with Crippen LogP contribution in [0.3, 0.4) is 0 Å². The molecule has 0 aromatic rings. The van der Waals surface area contributed by atoms with Gasteiger partial charge in [-0.25, -0.2) is 0 Å². The molecule has 0 saturated heterocycles. The molecular formula is C20H44O8Sn6. The first kappa shape index (κ1) is 40.6. The van der Waals surface area contributed by atoms with Gasteiger partial charge in [0.2, 0.25) is 0 Å². The predicted molar refractivity (Wildman–Crippen MR) is 140 cm³/mol. The Kier molecular flexibility index (Phi) is 21.6. The topological polar surface area (TPSA) is 73.8 Å². The van der Waals surface area contributed by atoms with Crippen LogP contribution in [0.1, 0.15) is 83.1 Å². The van der Waals surface area contributed by atoms with Crippen molar-refractivity contribution in [3.63, 3.8) is 0 Å². The summed E-state index contributed by atoms with van der Waals surface area (Å²) in [7, 11) is 0. The van der Waals surface area contributed by atoms with Crippen LogP contribution >= 0.6 is 0 Å². The molecule has 0 unspecified atom stereocenters. The summed E-state index contributed by atoms with van der Waals surface area (Å²) in [6.07, 6.45) is 0. The molecular weight excluding hydrogens is 1080 g/mol. The molecule has 196 valence electrons. The molecule has 12 radical (unpaired) electrons. The first-order chi connectivity index (χ1) is 14.7. The molecule has 0 aromatic heterocycles. The van der Waals surface area contributed by atoms with Crippen molar-refractivity contribution in [1.82, 2.24) is 0 Å². The van der Waals surface area contributed by atoms with Crippen LogP contribution in [0, 0.1) is 21.7 Å². The monoisotopic (exact) mass is 1130 g/mol. The van der Waals surface area contributed by atoms with Gasteiger partial charge >= 0.3 is 257 Å². The van der Waals surface area contributed by atoms with Crippen molar-refractivity contribution in [3.05, 3.63) is 0 Å². The summed E-state index contributed by atoms with van der Waals surface area (Å²) >= 11 is -9.26. The number of hydrogen-bond donors (Lipinski definition) is 0. The van der Waals surface area contributed by atoms with Gasteiger partial charge in [0.15, 0.2) is 0 Å². The molecule has 0 fully saturated rings. The van der Waals surface area contributed by atoms with Gasteiger partial charge in [-0.05, 0) is 0 Å². The second-order valence-electron chi connectivity index (χ2n) is 12.8. The third kappa shape index (κ3) is 23.2. The molecule has 0 amide bonds. The standard InChI is InChI=1S/4C5H11O.4O.6Sn/c4*1-5(2,3)4-6;;;;;;;;;;/h4*4H2,1-3H3;;;;;;;;;;/q4*-1;;;;;;;;2*+1;+2. The average Bonchev–Trinajstić information content (AvgIpc) is 2.62. The molecule has 0 spiro atoms. The van der Waals surface area contributed by atoms with Crippen molar-refractivity contribution in [2.45, 2.75) is 83.1 Å². The summed E-state index contributed by atoms with van der Waals surface area (Å²) in [5, 5.41) is 0. The Hall–Kier alpha value is 4.47. The first-order valence-corrected chi connectivity index (χ1v) is 25.0. The Morgan fingerprint density at radius 1 is 0.529 bits per heavy atom. The first-order valence-electron chi connectivity index (χ1n) is 11.0. The molecule has 0 atom stereocenters. The molecule has 0 saturated carbocycles. The van der Waals surface area contributed by atoms with E-state index in [-0.39, 0.29) is 45.6 Å². The maximum absolute atomic E-state index is 6.56. The molecule has 34 heavy (non-hydrogen) atoms. The van der Waals surface area contributed by atoms with Gasteiger partial charge in [0.1, 0.15) is 0 Å². The third-order valence-corrected chi connectivity index (χ3v) is 33.9. The van der Waals surface area contributed by atoms with Crippen molar-refractivity contribution in [3.8, 4) is 0 Å². The Labute approximate surface area is 276 Å². The van der Waals surface area contributed by atoms with E-state index >= 15 is 0 Å². The van der Waals surface area contributed by atoms with E-state index in [1.165, 1.54) is 0 Å². The van der Waals surface area contributed by atoms with Gasteiger partial charge in [0.25, 0.3) is 0 Å². The van der Waals surface area contributed by atoms with E-state index in [0.717, 1.165) is 45.9 Å². The van der Waals surface area contributed by atoms with Crippen molar-refractivity contribution in [2.24, 2.45) is 21.7 Å². The second-order valence-corrected chi connectivity index (χ2v) is 39.8. The van der Waals surface area contributed by atoms with Crippen LogP contribution in [0.5, 0.6) is 0 Å². The minimum absolute atomic E-state index is 0. The largest absolute Gasteiger partial charge is 0 e. The molecule has 8 nitrogen and oxygen atoms in total. The van der Waals surface area contributed by atoms with Gasteiger partial charge in [0.05, 0.1) is 0 Å². The minimum Gasteiger partial charge on any atom is 0 e. The fourth-order valence-electron chi connectivity index (χ4n) is 1.70. The van der Waals surface area contributed by atoms with Crippen molar-refractivity contribution in [1.29, 1.82) is 0 Å². The zero-order chi connectivity index (χ0) is 26.1. The molecule has 0 rings (SSSR count). The molecule has 0 N–H and O–H groups in total. The summed E-state index contributed by atoms with van der Waals surface area (Å²) in [4.78, 5) is 0. The van der Waals surface area contributed by atoms with Gasteiger partial charge in [0, 0.05) is 23.9 Å². The van der Waals surface area contributed by atoms with E-state index in [9.17, 15) is 0 Å². The van der Waals surface area contributed by atoms with E-state index in [2.05, 4.69) is 83.1 Å². The molecule has 0 aliphatic heterocycles. The van der Waals surface area contributed by atoms with Gasteiger partial charge in [-0.15, -0.1) is 0 Å². The van der Waals surface area contributed by atoms with Gasteiger partial charge < -0.3 is 0 Å². The van der Waals surface area contributed by atoms with E-state index in [0.29, 0.717) is 26.4 Å². The Morgan fingerprint density at radius 3 is 1.00 bits per heavy atom. The van der Waals surface area contributed by atoms with E-state index < -0.39 is 62.0 Å². The maximum atomic E-state index is 6.56. The maximum Gasteiger partial charge on any atom is 0 e. The Bertz CT molecular complexity index is 495. The summed E-state index contributed by atoms with van der Waals surface area (Å²) < 4.78 is 49.9. The number of rotatable bonds is 14. The van der Waals surface area contributed by atoms with Gasteiger partial charge in [-0.2, -0.15) is 0 Å². The molecule has 0 bridgehead atoms. The van der Waals surface area contributed by atoms with Crippen LogP contribution < -0.4 is 0 Å². The quantitative estimate of drug-likeness (QED) is 0.246. The fraction of sp³-hybridized carbons (Fsp3) is 1.00. The zero-order valence-electron chi connectivity index (χ0n) is 23.1. The summed E-state index contributed by atoms with van der Waals surface area (Å²) in [5.41, 5.74) is -0.200. The van der Waals surface area contributed by atoms with Crippen LogP contribution in [0.25, 0.3) is 0 Å². The normalized spacial score (nSPS) is 14.1. The third-order valence-electron chi connectivity index (χ3n) is 3.19. The summed E-state index contributed by atoms with van der Waals surface area (Å²) in [5.74, 6) is 0. The fourth-order valence-corrected chi connectivity index (χ4v) is 46.7. The number of hydrogen-bond acceptors (Lipinski definition) is 8. The Balaban J connectivity index is 0. The van der Waals surface area contributed by atoms with Crippen molar-refractivity contribution in [2.75, 3.05) is 26.4 Å². The van der Waals surface area contributed by atoms with Crippen LogP contribution in [0.2, 0.25) is 0 Å². The smallest absolute Gasteiger partial charge is 0 e. The van der Waals surface area contributed by atoms with Crippen LogP contribution in [-0.4, -0.2) is 158 Å². The molecule has 0 heterocycles. The second kappa shape index (κ2) is 18.1. The minimum atomic E-state index is -4.64. The van der Waals surface area contributed by atoms with Crippen molar-refractivity contribution >= 4 is 132 Å². The van der Waals surface area contributed by atoms with E-state index in [4.69, 9.17) is 17.9 Å². The van der Waals surface area contributed by atoms with E-state index in [1.807, 2.05) is 0 Å². The van der Waals surface area contributed by atoms with Crippen LogP contribution in [0.4, 0.5) is 0 Å². The molecule has 0 aliphatic rings. The van der Waals surface area contributed by atoms with E-state index in [1.54, 1.807) is 0 Å². The van der Waals surface area contributed by atoms with Gasteiger partial charge in [-0.3, -0.25) is 0 Å². The Morgan fingerprint density at radius 2 is 0.794 bits per heavy atom. The molecule has 0 aromatic carbocycles. The van der Waals surface area contributed by atoms with Gasteiger partial charge in [-0.1, -0.05) is 0 Å². The average molecular weight is 1120 g/mol. The predicted octanol–water partition coefficient (Wildman–Crippen LogP) is 3.50. The van der Waals surface area contributed by atoms with Crippen LogP contribution in [-0.2, 0) is 17.9 Å². The SMILES string of the molecule is CC(C)(C)C[O][Sn]([O][Sn])[O][Sn]([O]CC(C)(C)C)([O]CC(C)(C)C)[O][Sn]([O][Sn])[O]CC(C)(C)C.[Sn]. The zero-order valence-corrected chi connectivity index (χ0v) is 40.2. The molecule has 0 aliphatic carbocycles. The molecule has 14 heteroatoms. The summed E-state index contributed by atoms with van der Waals surface area (Å²) in [6, 6.07) is 0. The summed E-state index contributed by atoms with van der Waals surface area (Å²) in [6.45, 7) is 27.4.